The molecule has 2 aliphatic rings. The Hall–Kier alpha value is -3.17. The molecule has 2 saturated heterocycles. The Bertz CT molecular complexity index is 1340. The van der Waals surface area contributed by atoms with Gasteiger partial charge in [-0.1, -0.05) is 11.6 Å². The lowest BCUT2D eigenvalue weighted by atomic mass is 9.98. The summed E-state index contributed by atoms with van der Waals surface area (Å²) in [7, 11) is 0. The Morgan fingerprint density at radius 2 is 2.11 bits per heavy atom. The number of likely N-dealkylation sites (tertiary alicyclic amines) is 1. The number of amides is 1. The number of rotatable bonds is 7. The first-order valence-corrected chi connectivity index (χ1v) is 13.6. The van der Waals surface area contributed by atoms with Crippen molar-refractivity contribution in [1.29, 1.82) is 0 Å². The van der Waals surface area contributed by atoms with Gasteiger partial charge in [0.25, 0.3) is 5.91 Å². The first kappa shape index (κ1) is 26.4. The number of anilines is 1. The highest BCUT2D eigenvalue weighted by Crippen LogP contribution is 2.35. The molecule has 0 radical (unpaired) electrons. The molecule has 5 rings (SSSR count). The van der Waals surface area contributed by atoms with Crippen molar-refractivity contribution in [3.63, 3.8) is 0 Å². The van der Waals surface area contributed by atoms with Gasteiger partial charge in [-0.25, -0.2) is 9.50 Å². The van der Waals surface area contributed by atoms with Crippen LogP contribution in [0, 0.1) is 12.8 Å². The van der Waals surface area contributed by atoms with Gasteiger partial charge in [0.2, 0.25) is 0 Å². The number of hydrogen-bond donors (Lipinski definition) is 1. The second-order valence-corrected chi connectivity index (χ2v) is 11.0. The Labute approximate surface area is 228 Å². The fourth-order valence-electron chi connectivity index (χ4n) is 5.54. The molecular formula is C28H35ClN6O3. The summed E-state index contributed by atoms with van der Waals surface area (Å²) in [6, 6.07) is 6.99. The molecular weight excluding hydrogens is 504 g/mol. The van der Waals surface area contributed by atoms with E-state index < -0.39 is 6.10 Å². The molecule has 202 valence electrons. The van der Waals surface area contributed by atoms with Gasteiger partial charge in [-0.15, -0.1) is 0 Å². The molecule has 1 aromatic carbocycles. The largest absolute Gasteiger partial charge is 0.490 e. The minimum Gasteiger partial charge on any atom is -0.490 e. The summed E-state index contributed by atoms with van der Waals surface area (Å²) in [5, 5.41) is 15.8. The zero-order valence-corrected chi connectivity index (χ0v) is 22.9. The van der Waals surface area contributed by atoms with Crippen LogP contribution in [0.25, 0.3) is 5.65 Å². The van der Waals surface area contributed by atoms with E-state index in [1.165, 1.54) is 0 Å². The van der Waals surface area contributed by atoms with Gasteiger partial charge < -0.3 is 24.6 Å². The van der Waals surface area contributed by atoms with Crippen LogP contribution in [0.2, 0.25) is 5.02 Å². The van der Waals surface area contributed by atoms with Gasteiger partial charge >= 0.3 is 0 Å². The lowest BCUT2D eigenvalue weighted by Crippen LogP contribution is -2.39. The first-order valence-electron chi connectivity index (χ1n) is 13.2. The standard InChI is InChI=1S/C28H35ClN6O3/c1-17(2)38-25-9-8-20(29)11-21(25)28(37)34-10-6-5-7-23(34)22-12-26-31-27(18(3)14-35(26)32-22)33-15-19(13-30-4)24(36)16-33/h8-9,11-12,14,17,19,23-24,36H,4-7,10,13,15-16H2,1-3H3/t19-,23+,24+/m1/s1. The number of halogens is 1. The van der Waals surface area contributed by atoms with Gasteiger partial charge in [0.1, 0.15) is 11.6 Å². The number of aliphatic hydroxyl groups is 1. The molecule has 10 heteroatoms. The van der Waals surface area contributed by atoms with Crippen LogP contribution >= 0.6 is 11.6 Å². The monoisotopic (exact) mass is 538 g/mol. The van der Waals surface area contributed by atoms with Crippen molar-refractivity contribution in [3.8, 4) is 5.75 Å². The molecule has 9 nitrogen and oxygen atoms in total. The zero-order chi connectivity index (χ0) is 27.0. The lowest BCUT2D eigenvalue weighted by molar-refractivity contribution is 0.0600. The molecule has 2 aromatic heterocycles. The van der Waals surface area contributed by atoms with Crippen molar-refractivity contribution < 1.29 is 14.6 Å². The van der Waals surface area contributed by atoms with Gasteiger partial charge in [-0.3, -0.25) is 4.79 Å². The minimum atomic E-state index is -0.462. The van der Waals surface area contributed by atoms with Crippen LogP contribution in [-0.4, -0.2) is 75.6 Å². The van der Waals surface area contributed by atoms with E-state index in [1.54, 1.807) is 22.7 Å². The average molecular weight is 539 g/mol. The van der Waals surface area contributed by atoms with Crippen LogP contribution < -0.4 is 9.64 Å². The van der Waals surface area contributed by atoms with Crippen LogP contribution in [0.15, 0.2) is 35.5 Å². The summed E-state index contributed by atoms with van der Waals surface area (Å²) >= 11 is 6.28. The van der Waals surface area contributed by atoms with Crippen molar-refractivity contribution in [2.75, 3.05) is 31.1 Å². The lowest BCUT2D eigenvalue weighted by Gasteiger charge is -2.35. The van der Waals surface area contributed by atoms with Crippen molar-refractivity contribution in [2.24, 2.45) is 10.9 Å². The van der Waals surface area contributed by atoms with E-state index in [-0.39, 0.29) is 24.0 Å². The molecule has 0 aliphatic carbocycles. The third kappa shape index (κ3) is 5.22. The number of aryl methyl sites for hydroxylation is 1. The van der Waals surface area contributed by atoms with E-state index in [4.69, 9.17) is 26.4 Å². The molecule has 0 spiro atoms. The number of aliphatic imine (C=N–C) groups is 1. The maximum Gasteiger partial charge on any atom is 0.258 e. The van der Waals surface area contributed by atoms with Crippen molar-refractivity contribution in [1.82, 2.24) is 19.5 Å². The van der Waals surface area contributed by atoms with Gasteiger partial charge in [0, 0.05) is 54.9 Å². The summed E-state index contributed by atoms with van der Waals surface area (Å²) in [6.07, 6.45) is 4.19. The molecule has 1 amide bonds. The molecule has 0 saturated carbocycles. The van der Waals surface area contributed by atoms with E-state index in [9.17, 15) is 9.90 Å². The van der Waals surface area contributed by atoms with Gasteiger partial charge in [0.05, 0.1) is 29.5 Å². The molecule has 1 N–H and O–H groups in total. The number of piperidine rings is 1. The number of benzene rings is 1. The summed E-state index contributed by atoms with van der Waals surface area (Å²) < 4.78 is 7.72. The Balaban J connectivity index is 1.45. The first-order chi connectivity index (χ1) is 18.2. The van der Waals surface area contributed by atoms with Crippen molar-refractivity contribution >= 4 is 35.7 Å². The van der Waals surface area contributed by atoms with Crippen LogP contribution in [-0.2, 0) is 0 Å². The SMILES string of the molecule is C=NC[C@@H]1CN(c2nc3cc([C@@H]4CCCCN4C(=O)c4cc(Cl)ccc4OC(C)C)nn3cc2C)C[C@@H]1O. The van der Waals surface area contributed by atoms with Crippen LogP contribution in [0.3, 0.4) is 0 Å². The van der Waals surface area contributed by atoms with E-state index in [0.717, 1.165) is 36.3 Å². The van der Waals surface area contributed by atoms with E-state index in [1.807, 2.05) is 37.9 Å². The molecule has 3 aromatic rings. The fourth-order valence-corrected chi connectivity index (χ4v) is 5.71. The molecule has 38 heavy (non-hydrogen) atoms. The molecule has 4 heterocycles. The summed E-state index contributed by atoms with van der Waals surface area (Å²) in [5.74, 6) is 1.31. The molecule has 2 aliphatic heterocycles. The minimum absolute atomic E-state index is 0.0447. The van der Waals surface area contributed by atoms with Gasteiger partial charge in [0.15, 0.2) is 5.65 Å². The van der Waals surface area contributed by atoms with Crippen LogP contribution in [0.1, 0.15) is 60.8 Å². The highest BCUT2D eigenvalue weighted by molar-refractivity contribution is 6.31. The smallest absolute Gasteiger partial charge is 0.258 e. The Kier molecular flexibility index (Phi) is 7.59. The highest BCUT2D eigenvalue weighted by atomic mass is 35.5. The normalized spacial score (nSPS) is 21.9. The predicted molar refractivity (Wildman–Crippen MR) is 149 cm³/mol. The second kappa shape index (κ2) is 10.9. The number of aliphatic hydroxyl groups excluding tert-OH is 1. The van der Waals surface area contributed by atoms with Gasteiger partial charge in [-0.2, -0.15) is 5.10 Å². The summed E-state index contributed by atoms with van der Waals surface area (Å²) in [6.45, 7) is 11.8. The number of aromatic nitrogens is 3. The number of fused-ring (bicyclic) bond motifs is 1. The van der Waals surface area contributed by atoms with Crippen LogP contribution in [0.4, 0.5) is 5.82 Å². The average Bonchev–Trinajstić information content (AvgIpc) is 3.46. The third-order valence-electron chi connectivity index (χ3n) is 7.33. The van der Waals surface area contributed by atoms with E-state index >= 15 is 0 Å². The maximum absolute atomic E-state index is 13.8. The maximum atomic E-state index is 13.8. The van der Waals surface area contributed by atoms with Crippen molar-refractivity contribution in [3.05, 3.63) is 52.3 Å². The Morgan fingerprint density at radius 1 is 1.29 bits per heavy atom. The molecule has 3 atom stereocenters. The van der Waals surface area contributed by atoms with E-state index in [2.05, 4.69) is 16.6 Å². The van der Waals surface area contributed by atoms with E-state index in [0.29, 0.717) is 48.2 Å². The number of hydrogen-bond acceptors (Lipinski definition) is 7. The Morgan fingerprint density at radius 3 is 2.87 bits per heavy atom. The number of carbonyl (C=O) groups excluding carboxylic acids is 1. The fraction of sp³-hybridized carbons (Fsp3) is 0.500. The predicted octanol–water partition coefficient (Wildman–Crippen LogP) is 4.34. The summed E-state index contributed by atoms with van der Waals surface area (Å²) in [4.78, 5) is 26.7. The number of carbonyl (C=O) groups is 1. The number of β-amino-alcohol motifs (C(OH)–C–C–N with tert-alkyl or cyclic N) is 1. The topological polar surface area (TPSA) is 95.6 Å². The number of ether oxygens (including phenoxy) is 1. The van der Waals surface area contributed by atoms with Crippen molar-refractivity contribution in [2.45, 2.75) is 58.3 Å². The molecule has 0 unspecified atom stereocenters. The quantitative estimate of drug-likeness (QED) is 0.449. The highest BCUT2D eigenvalue weighted by Gasteiger charge is 2.34. The molecule has 0 bridgehead atoms. The molecule has 2 fully saturated rings. The van der Waals surface area contributed by atoms with Crippen LogP contribution in [0.5, 0.6) is 5.75 Å². The third-order valence-corrected chi connectivity index (χ3v) is 7.57. The number of nitrogens with zero attached hydrogens (tertiary/aromatic N) is 6. The van der Waals surface area contributed by atoms with Gasteiger partial charge in [-0.05, 0) is 65.0 Å². The second-order valence-electron chi connectivity index (χ2n) is 10.6. The zero-order valence-electron chi connectivity index (χ0n) is 22.2. The summed E-state index contributed by atoms with van der Waals surface area (Å²) in [5.41, 5.74) is 2.96.